The van der Waals surface area contributed by atoms with Gasteiger partial charge in [0.15, 0.2) is 0 Å². The van der Waals surface area contributed by atoms with E-state index in [4.69, 9.17) is 18.9 Å². The Bertz CT molecular complexity index is 728. The van der Waals surface area contributed by atoms with Crippen molar-refractivity contribution in [2.24, 2.45) is 4.99 Å². The topological polar surface area (TPSA) is 49.3 Å². The van der Waals surface area contributed by atoms with Crippen LogP contribution in [0.1, 0.15) is 31.0 Å². The van der Waals surface area contributed by atoms with Gasteiger partial charge in [-0.2, -0.15) is 0 Å². The fourth-order valence-electron chi connectivity index (χ4n) is 2.49. The Balaban J connectivity index is 2.24. The van der Waals surface area contributed by atoms with E-state index < -0.39 is 0 Å². The van der Waals surface area contributed by atoms with E-state index in [-0.39, 0.29) is 6.04 Å². The van der Waals surface area contributed by atoms with Crippen LogP contribution >= 0.6 is 0 Å². The number of nitrogens with zero attached hydrogens (tertiary/aromatic N) is 1. The standard InChI is InChI=1S/C20H25NO4/c1-6-25-17-8-7-15(19(12-17)23-4)13-21-14(2)18-10-9-16(22-3)11-20(18)24-5/h7-14H,6H2,1-5H3. The van der Waals surface area contributed by atoms with Crippen molar-refractivity contribution < 1.29 is 18.9 Å². The molecule has 0 saturated heterocycles. The summed E-state index contributed by atoms with van der Waals surface area (Å²) in [6.07, 6.45) is 1.81. The van der Waals surface area contributed by atoms with Gasteiger partial charge in [0, 0.05) is 29.5 Å². The Morgan fingerprint density at radius 2 is 1.60 bits per heavy atom. The molecule has 2 aromatic rings. The molecule has 0 spiro atoms. The van der Waals surface area contributed by atoms with Crippen LogP contribution in [0.3, 0.4) is 0 Å². The fraction of sp³-hybridized carbons (Fsp3) is 0.350. The van der Waals surface area contributed by atoms with E-state index in [0.717, 1.165) is 34.1 Å². The highest BCUT2D eigenvalue weighted by molar-refractivity contribution is 5.84. The van der Waals surface area contributed by atoms with Crippen LogP contribution in [0.15, 0.2) is 41.4 Å². The largest absolute Gasteiger partial charge is 0.497 e. The molecule has 0 radical (unpaired) electrons. The minimum absolute atomic E-state index is 0.0721. The Labute approximate surface area is 149 Å². The lowest BCUT2D eigenvalue weighted by molar-refractivity contribution is 0.336. The summed E-state index contributed by atoms with van der Waals surface area (Å²) in [5.74, 6) is 3.01. The number of rotatable bonds is 8. The van der Waals surface area contributed by atoms with Crippen molar-refractivity contribution >= 4 is 6.21 Å². The van der Waals surface area contributed by atoms with Crippen LogP contribution in [-0.4, -0.2) is 34.2 Å². The van der Waals surface area contributed by atoms with Gasteiger partial charge in [-0.05, 0) is 38.1 Å². The van der Waals surface area contributed by atoms with E-state index in [9.17, 15) is 0 Å². The molecule has 1 atom stereocenters. The molecule has 0 amide bonds. The number of hydrogen-bond acceptors (Lipinski definition) is 5. The summed E-state index contributed by atoms with van der Waals surface area (Å²) in [6.45, 7) is 4.58. The highest BCUT2D eigenvalue weighted by atomic mass is 16.5. The van der Waals surface area contributed by atoms with Crippen molar-refractivity contribution in [3.63, 3.8) is 0 Å². The number of aliphatic imine (C=N–C) groups is 1. The van der Waals surface area contributed by atoms with Gasteiger partial charge in [0.1, 0.15) is 23.0 Å². The quantitative estimate of drug-likeness (QED) is 0.671. The molecule has 0 aliphatic carbocycles. The first-order valence-corrected chi connectivity index (χ1v) is 8.18. The first-order chi connectivity index (χ1) is 12.1. The van der Waals surface area contributed by atoms with E-state index in [1.54, 1.807) is 21.3 Å². The fourth-order valence-corrected chi connectivity index (χ4v) is 2.49. The average molecular weight is 343 g/mol. The highest BCUT2D eigenvalue weighted by Gasteiger charge is 2.11. The van der Waals surface area contributed by atoms with E-state index in [1.165, 1.54) is 0 Å². The van der Waals surface area contributed by atoms with Crippen molar-refractivity contribution in [3.05, 3.63) is 47.5 Å². The summed E-state index contributed by atoms with van der Waals surface area (Å²) in [5, 5.41) is 0. The van der Waals surface area contributed by atoms with Crippen LogP contribution in [0.2, 0.25) is 0 Å². The van der Waals surface area contributed by atoms with Gasteiger partial charge in [0.2, 0.25) is 0 Å². The third-order valence-corrected chi connectivity index (χ3v) is 3.84. The number of methoxy groups -OCH3 is 3. The summed E-state index contributed by atoms with van der Waals surface area (Å²) in [7, 11) is 4.91. The minimum Gasteiger partial charge on any atom is -0.497 e. The van der Waals surface area contributed by atoms with Crippen molar-refractivity contribution in [2.75, 3.05) is 27.9 Å². The Kier molecular flexibility index (Phi) is 6.69. The van der Waals surface area contributed by atoms with Crippen LogP contribution in [-0.2, 0) is 0 Å². The molecule has 0 heterocycles. The van der Waals surface area contributed by atoms with Crippen LogP contribution in [0.25, 0.3) is 0 Å². The SMILES string of the molecule is CCOc1ccc(C=NC(C)c2ccc(OC)cc2OC)c(OC)c1. The van der Waals surface area contributed by atoms with Crippen molar-refractivity contribution in [1.29, 1.82) is 0 Å². The van der Waals surface area contributed by atoms with Crippen molar-refractivity contribution in [3.8, 4) is 23.0 Å². The van der Waals surface area contributed by atoms with Gasteiger partial charge < -0.3 is 18.9 Å². The average Bonchev–Trinajstić information content (AvgIpc) is 2.66. The third-order valence-electron chi connectivity index (χ3n) is 3.84. The Morgan fingerprint density at radius 1 is 0.920 bits per heavy atom. The number of hydrogen-bond donors (Lipinski definition) is 0. The van der Waals surface area contributed by atoms with Crippen LogP contribution in [0.5, 0.6) is 23.0 Å². The van der Waals surface area contributed by atoms with Crippen molar-refractivity contribution in [2.45, 2.75) is 19.9 Å². The van der Waals surface area contributed by atoms with Crippen molar-refractivity contribution in [1.82, 2.24) is 0 Å². The zero-order chi connectivity index (χ0) is 18.2. The first kappa shape index (κ1) is 18.6. The van der Waals surface area contributed by atoms with Gasteiger partial charge in [0.25, 0.3) is 0 Å². The van der Waals surface area contributed by atoms with E-state index >= 15 is 0 Å². The summed E-state index contributed by atoms with van der Waals surface area (Å²) in [4.78, 5) is 4.65. The lowest BCUT2D eigenvalue weighted by atomic mass is 10.1. The third kappa shape index (κ3) is 4.66. The summed E-state index contributed by atoms with van der Waals surface area (Å²) >= 11 is 0. The molecule has 0 fully saturated rings. The summed E-state index contributed by atoms with van der Waals surface area (Å²) in [6, 6.07) is 11.4. The molecule has 0 saturated carbocycles. The van der Waals surface area contributed by atoms with Gasteiger partial charge in [-0.15, -0.1) is 0 Å². The van der Waals surface area contributed by atoms with Crippen LogP contribution in [0, 0.1) is 0 Å². The predicted octanol–water partition coefficient (Wildman–Crippen LogP) is 4.29. The molecule has 2 aromatic carbocycles. The molecular weight excluding hydrogens is 318 g/mol. The summed E-state index contributed by atoms with van der Waals surface area (Å²) in [5.41, 5.74) is 1.88. The van der Waals surface area contributed by atoms with Gasteiger partial charge in [0.05, 0.1) is 34.0 Å². The van der Waals surface area contributed by atoms with E-state index in [1.807, 2.05) is 56.5 Å². The molecule has 0 aromatic heterocycles. The molecule has 5 nitrogen and oxygen atoms in total. The predicted molar refractivity (Wildman–Crippen MR) is 99.7 cm³/mol. The normalized spacial score (nSPS) is 12.0. The lowest BCUT2D eigenvalue weighted by Crippen LogP contribution is -1.98. The molecule has 0 aliphatic heterocycles. The smallest absolute Gasteiger partial charge is 0.131 e. The molecule has 134 valence electrons. The molecule has 1 unspecified atom stereocenters. The van der Waals surface area contributed by atoms with Gasteiger partial charge >= 0.3 is 0 Å². The molecule has 0 aliphatic rings. The second-order valence-corrected chi connectivity index (χ2v) is 5.40. The molecule has 0 N–H and O–H groups in total. The molecule has 25 heavy (non-hydrogen) atoms. The maximum atomic E-state index is 5.50. The van der Waals surface area contributed by atoms with Crippen LogP contribution in [0.4, 0.5) is 0 Å². The maximum Gasteiger partial charge on any atom is 0.131 e. The lowest BCUT2D eigenvalue weighted by Gasteiger charge is -2.14. The number of ether oxygens (including phenoxy) is 4. The molecule has 5 heteroatoms. The highest BCUT2D eigenvalue weighted by Crippen LogP contribution is 2.31. The monoisotopic (exact) mass is 343 g/mol. The first-order valence-electron chi connectivity index (χ1n) is 8.18. The molecule has 0 bridgehead atoms. The maximum absolute atomic E-state index is 5.50. The Morgan fingerprint density at radius 3 is 2.24 bits per heavy atom. The van der Waals surface area contributed by atoms with Gasteiger partial charge in [-0.3, -0.25) is 4.99 Å². The number of benzene rings is 2. The van der Waals surface area contributed by atoms with Crippen LogP contribution < -0.4 is 18.9 Å². The van der Waals surface area contributed by atoms with E-state index in [0.29, 0.717) is 6.61 Å². The zero-order valence-electron chi connectivity index (χ0n) is 15.4. The van der Waals surface area contributed by atoms with E-state index in [2.05, 4.69) is 4.99 Å². The molecule has 2 rings (SSSR count). The summed E-state index contributed by atoms with van der Waals surface area (Å²) < 4.78 is 21.6. The second-order valence-electron chi connectivity index (χ2n) is 5.40. The zero-order valence-corrected chi connectivity index (χ0v) is 15.4. The minimum atomic E-state index is -0.0721. The van der Waals surface area contributed by atoms with Gasteiger partial charge in [-0.25, -0.2) is 0 Å². The second kappa shape index (κ2) is 8.97. The Hall–Kier alpha value is -2.69. The molecular formula is C20H25NO4. The van der Waals surface area contributed by atoms with Gasteiger partial charge in [-0.1, -0.05) is 0 Å².